The van der Waals surface area contributed by atoms with Crippen molar-refractivity contribution >= 4 is 87.6 Å². The third-order valence-corrected chi connectivity index (χ3v) is 10.9. The van der Waals surface area contributed by atoms with Gasteiger partial charge in [0.15, 0.2) is 84.9 Å². The molecule has 0 spiro atoms. The standard InChI is InChI=1S/C45H51N25O13/c1-81-22-7-5-19(6-8-22)25-16-55-41(82-25)20-11-13-69(14-12-20)17-18-3-2-4-21(15-18)34(72)58-30(62-40(78)39(77)56-23-9-10-24(70(79)80)27-26(23)67-83-68-27)35(73)59-32(65-44(51)52)37(75)61-33(66-45(53)54)38(76)60-31(64-43(49)50)36(74)57-29(28(46)71)63-42(47)48/h2-16,29-33,39,77H,17H2,1H3,(H24-,46,47,48,49,50,51,52,53,54,56,57,58,59,60,61,62,63,64,65,66,68,71,72,73,74,75,76,78)/p+1. The van der Waals surface area contributed by atoms with Crippen molar-refractivity contribution in [2.24, 2.45) is 28.7 Å². The Balaban J connectivity index is 1.22. The summed E-state index contributed by atoms with van der Waals surface area (Å²) in [5.74, 6) is -11.8. The number of guanidine groups is 4. The maximum atomic E-state index is 14.2. The Morgan fingerprint density at radius 2 is 1.16 bits per heavy atom. The SMILES string of the molecule is COc1ccc(-c2cnc(-c3cc[n+](Cc4cccc(C(=O)NC(NC(=O)C(O)Nc5ccc([N+](=O)[O-])c6nonc56)C(=O)NC(NC(=N)N)C(=O)NC(NC(=N)N)C(=O)NC(NC(=N)N)C(=O)NC(NC(=N)N)C(N)=O)c4)cc3)o2)cc1. The number of fused-ring (bicyclic) bond motifs is 1. The average Bonchev–Trinajstić information content (AvgIpc) is 4.21. The number of carbonyl (C=O) groups is 7. The number of ether oxygens (including phenoxy) is 1. The molecule has 6 aromatic rings. The third kappa shape index (κ3) is 16.4. The molecule has 38 heteroatoms. The number of carbonyl (C=O) groups excluding carboxylic acids is 7. The molecule has 83 heavy (non-hydrogen) atoms. The lowest BCUT2D eigenvalue weighted by atomic mass is 10.1. The first-order valence-corrected chi connectivity index (χ1v) is 23.5. The van der Waals surface area contributed by atoms with Crippen LogP contribution in [0.25, 0.3) is 33.8 Å². The average molecular weight is 1150 g/mol. The van der Waals surface area contributed by atoms with Crippen LogP contribution in [0, 0.1) is 31.8 Å². The van der Waals surface area contributed by atoms with Crippen molar-refractivity contribution in [3.63, 3.8) is 0 Å². The van der Waals surface area contributed by atoms with E-state index in [1.54, 1.807) is 60.6 Å². The number of nitro groups is 1. The van der Waals surface area contributed by atoms with Gasteiger partial charge < -0.3 is 101 Å². The van der Waals surface area contributed by atoms with Crippen LogP contribution in [0.3, 0.4) is 0 Å². The van der Waals surface area contributed by atoms with E-state index in [4.69, 9.17) is 59.5 Å². The minimum atomic E-state index is -2.35. The quantitative estimate of drug-likeness (QED) is 0.00633. The van der Waals surface area contributed by atoms with E-state index < -0.39 is 113 Å². The zero-order valence-corrected chi connectivity index (χ0v) is 42.8. The number of pyridine rings is 1. The second kappa shape index (κ2) is 26.9. The highest BCUT2D eigenvalue weighted by molar-refractivity contribution is 6.02. The number of nitrogens with two attached hydrogens (primary N) is 5. The fourth-order valence-corrected chi connectivity index (χ4v) is 7.16. The lowest BCUT2D eigenvalue weighted by Crippen LogP contribution is -2.69. The molecule has 0 bridgehead atoms. The van der Waals surface area contributed by atoms with Gasteiger partial charge in [-0.15, -0.1) is 0 Å². The summed E-state index contributed by atoms with van der Waals surface area (Å²) in [6, 6.07) is 18.7. The van der Waals surface area contributed by atoms with E-state index in [0.717, 1.165) is 17.7 Å². The van der Waals surface area contributed by atoms with Crippen LogP contribution >= 0.6 is 0 Å². The Kier molecular flexibility index (Phi) is 19.4. The van der Waals surface area contributed by atoms with Crippen LogP contribution in [0.2, 0.25) is 0 Å². The number of aliphatic hydroxyl groups is 1. The number of aromatic nitrogens is 4. The van der Waals surface area contributed by atoms with E-state index in [9.17, 15) is 48.8 Å². The van der Waals surface area contributed by atoms with Crippen molar-refractivity contribution in [1.82, 2.24) is 68.5 Å². The number of amides is 7. The van der Waals surface area contributed by atoms with E-state index in [-0.39, 0.29) is 28.8 Å². The number of methoxy groups -OCH3 is 1. The van der Waals surface area contributed by atoms with Gasteiger partial charge in [0.1, 0.15) is 5.75 Å². The summed E-state index contributed by atoms with van der Waals surface area (Å²) in [6.07, 6.45) is -8.01. The molecule has 3 heterocycles. The van der Waals surface area contributed by atoms with E-state index in [0.29, 0.717) is 28.5 Å². The highest BCUT2D eigenvalue weighted by Crippen LogP contribution is 2.29. The molecule has 7 amide bonds. The first-order chi connectivity index (χ1) is 39.4. The summed E-state index contributed by atoms with van der Waals surface area (Å²) in [5.41, 5.74) is 27.2. The van der Waals surface area contributed by atoms with Crippen LogP contribution in [0.5, 0.6) is 5.75 Å². The number of hydrogen-bond acceptors (Lipinski definition) is 21. The van der Waals surface area contributed by atoms with Crippen LogP contribution in [0.1, 0.15) is 15.9 Å². The number of anilines is 1. The molecule has 0 fully saturated rings. The van der Waals surface area contributed by atoms with Gasteiger partial charge in [0.2, 0.25) is 17.6 Å². The molecule has 0 aliphatic rings. The van der Waals surface area contributed by atoms with E-state index >= 15 is 0 Å². The minimum Gasteiger partial charge on any atom is -0.497 e. The Labute approximate surface area is 464 Å². The summed E-state index contributed by atoms with van der Waals surface area (Å²) in [6.45, 7) is 0.181. The van der Waals surface area contributed by atoms with Crippen LogP contribution in [0.15, 0.2) is 100 Å². The van der Waals surface area contributed by atoms with E-state index in [1.807, 2.05) is 44.0 Å². The second-order valence-corrected chi connectivity index (χ2v) is 16.9. The second-order valence-electron chi connectivity index (χ2n) is 16.9. The molecule has 6 atom stereocenters. The smallest absolute Gasteiger partial charge is 0.300 e. The third-order valence-electron chi connectivity index (χ3n) is 10.9. The van der Waals surface area contributed by atoms with Crippen molar-refractivity contribution in [2.75, 3.05) is 12.4 Å². The number of aliphatic hydroxyl groups excluding tert-OH is 1. The number of hydrogen-bond donors (Lipinski definition) is 21. The number of nitrogens with one attached hydrogen (secondary N) is 15. The number of nitro benzene ring substituents is 1. The molecule has 3 aromatic heterocycles. The van der Waals surface area contributed by atoms with Crippen molar-refractivity contribution in [2.45, 2.75) is 43.6 Å². The highest BCUT2D eigenvalue weighted by atomic mass is 16.6. The zero-order chi connectivity index (χ0) is 60.7. The molecular weight excluding hydrogens is 1100 g/mol. The number of benzene rings is 3. The monoisotopic (exact) mass is 1150 g/mol. The van der Waals surface area contributed by atoms with Crippen molar-refractivity contribution in [3.05, 3.63) is 113 Å². The molecule has 0 saturated carbocycles. The van der Waals surface area contributed by atoms with Gasteiger partial charge in [-0.25, -0.2) is 14.2 Å². The van der Waals surface area contributed by atoms with Crippen LogP contribution in [-0.4, -0.2) is 135 Å². The van der Waals surface area contributed by atoms with Gasteiger partial charge in [-0.3, -0.25) is 65.3 Å². The molecule has 3 aromatic carbocycles. The summed E-state index contributed by atoms with van der Waals surface area (Å²) >= 11 is 0. The zero-order valence-electron chi connectivity index (χ0n) is 42.8. The molecule has 6 unspecified atom stereocenters. The molecule has 434 valence electrons. The predicted molar refractivity (Wildman–Crippen MR) is 284 cm³/mol. The normalized spacial score (nSPS) is 12.8. The van der Waals surface area contributed by atoms with E-state index in [1.165, 1.54) is 18.2 Å². The number of primary amides is 1. The van der Waals surface area contributed by atoms with Gasteiger partial charge in [-0.2, -0.15) is 0 Å². The Morgan fingerprint density at radius 3 is 1.67 bits per heavy atom. The van der Waals surface area contributed by atoms with Gasteiger partial charge in [-0.05, 0) is 52.8 Å². The molecular formula is C45H52N25O13+. The molecule has 38 nitrogen and oxygen atoms in total. The molecule has 26 N–H and O–H groups in total. The van der Waals surface area contributed by atoms with E-state index in [2.05, 4.69) is 46.5 Å². The lowest BCUT2D eigenvalue weighted by Gasteiger charge is -2.28. The van der Waals surface area contributed by atoms with Crippen LogP contribution < -0.4 is 96.5 Å². The molecule has 6 rings (SSSR count). The fraction of sp³-hybridized carbons (Fsp3) is 0.178. The summed E-state index contributed by atoms with van der Waals surface area (Å²) in [7, 11) is 1.56. The van der Waals surface area contributed by atoms with Crippen molar-refractivity contribution < 1.29 is 61.9 Å². The fourth-order valence-electron chi connectivity index (χ4n) is 7.16. The molecule has 0 aliphatic carbocycles. The van der Waals surface area contributed by atoms with Gasteiger partial charge >= 0.3 is 5.69 Å². The van der Waals surface area contributed by atoms with Crippen LogP contribution in [0.4, 0.5) is 11.4 Å². The van der Waals surface area contributed by atoms with Gasteiger partial charge in [0.25, 0.3) is 41.4 Å². The summed E-state index contributed by atoms with van der Waals surface area (Å²) in [5, 5.41) is 83.1. The van der Waals surface area contributed by atoms with Crippen LogP contribution in [-0.2, 0) is 35.3 Å². The number of non-ortho nitro benzene ring substituents is 1. The Hall–Kier alpha value is -12.2. The predicted octanol–water partition coefficient (Wildman–Crippen LogP) is -6.41. The lowest BCUT2D eigenvalue weighted by molar-refractivity contribution is -0.688. The topological polar surface area (TPSA) is 619 Å². The van der Waals surface area contributed by atoms with Crippen molar-refractivity contribution in [1.29, 1.82) is 21.6 Å². The molecule has 0 saturated heterocycles. The summed E-state index contributed by atoms with van der Waals surface area (Å²) < 4.78 is 17.6. The van der Waals surface area contributed by atoms with Gasteiger partial charge in [0, 0.05) is 40.5 Å². The summed E-state index contributed by atoms with van der Waals surface area (Å²) in [4.78, 5) is 110. The van der Waals surface area contributed by atoms with Crippen molar-refractivity contribution in [3.8, 4) is 28.5 Å². The molecule has 0 aliphatic heterocycles. The first-order valence-electron chi connectivity index (χ1n) is 23.5. The number of nitrogens with zero attached hydrogens (tertiary/aromatic N) is 5. The first kappa shape index (κ1) is 60.0. The number of rotatable bonds is 25. The highest BCUT2D eigenvalue weighted by Gasteiger charge is 2.35. The van der Waals surface area contributed by atoms with Gasteiger partial charge in [0.05, 0.1) is 23.9 Å². The Morgan fingerprint density at radius 1 is 0.651 bits per heavy atom. The van der Waals surface area contributed by atoms with Gasteiger partial charge in [-0.1, -0.05) is 12.1 Å². The molecule has 0 radical (unpaired) electrons. The minimum absolute atomic E-state index is 0.102. The number of oxazole rings is 1. The largest absolute Gasteiger partial charge is 0.497 e. The Bertz CT molecular complexity index is 3480. The maximum absolute atomic E-state index is 14.2. The maximum Gasteiger partial charge on any atom is 0.300 e.